The third kappa shape index (κ3) is 6.01. The van der Waals surface area contributed by atoms with Gasteiger partial charge >= 0.3 is 5.63 Å². The minimum Gasteiger partial charge on any atom is -0.423 e. The number of nitrogens with zero attached hydrogens (tertiary/aromatic N) is 1. The van der Waals surface area contributed by atoms with Crippen molar-refractivity contribution < 1.29 is 9.21 Å². The summed E-state index contributed by atoms with van der Waals surface area (Å²) in [4.78, 5) is 28.2. The molecule has 4 aromatic carbocycles. The molecule has 0 saturated heterocycles. The Bertz CT molecular complexity index is 1490. The molecule has 5 rings (SSSR count). The van der Waals surface area contributed by atoms with E-state index in [1.54, 1.807) is 6.07 Å². The molecule has 5 nitrogen and oxygen atoms in total. The molecular formula is C33H30N2O3. The zero-order chi connectivity index (χ0) is 26.2. The van der Waals surface area contributed by atoms with E-state index in [0.29, 0.717) is 31.6 Å². The van der Waals surface area contributed by atoms with E-state index in [1.165, 1.54) is 6.07 Å². The van der Waals surface area contributed by atoms with Crippen molar-refractivity contribution >= 4 is 22.6 Å². The summed E-state index contributed by atoms with van der Waals surface area (Å²) >= 11 is 0. The number of carbonyl (C=O) groups excluding carboxylic acids is 1. The van der Waals surface area contributed by atoms with Gasteiger partial charge in [0, 0.05) is 31.1 Å². The summed E-state index contributed by atoms with van der Waals surface area (Å²) in [5.74, 6) is -0.325. The fourth-order valence-electron chi connectivity index (χ4n) is 4.77. The summed E-state index contributed by atoms with van der Waals surface area (Å²) in [5.41, 5.74) is 3.94. The predicted molar refractivity (Wildman–Crippen MR) is 152 cm³/mol. The van der Waals surface area contributed by atoms with Gasteiger partial charge in [0.25, 0.3) is 0 Å². The number of carbonyl (C=O) groups is 1. The van der Waals surface area contributed by atoms with E-state index in [1.807, 2.05) is 114 Å². The zero-order valence-corrected chi connectivity index (χ0v) is 21.1. The zero-order valence-electron chi connectivity index (χ0n) is 21.1. The first-order valence-electron chi connectivity index (χ1n) is 12.9. The first-order chi connectivity index (χ1) is 18.7. The van der Waals surface area contributed by atoms with E-state index >= 15 is 0 Å². The number of anilines is 1. The Morgan fingerprint density at radius 3 is 2.00 bits per heavy atom. The first kappa shape index (κ1) is 25.0. The largest absolute Gasteiger partial charge is 0.423 e. The standard InChI is InChI=1S/C33H30N2O3/c36-31-23-29(28-19-10-11-20-30(28)38-31)34-21-12-22-35(24-25-13-4-1-5-14-25)33(37)32(26-15-6-2-7-16-26)27-17-8-3-9-18-27/h1-11,13-20,23,32,34H,12,21-22,24H2. The van der Waals surface area contributed by atoms with Gasteiger partial charge in [-0.1, -0.05) is 103 Å². The van der Waals surface area contributed by atoms with Crippen molar-refractivity contribution in [2.24, 2.45) is 0 Å². The van der Waals surface area contributed by atoms with Crippen molar-refractivity contribution in [3.8, 4) is 0 Å². The molecule has 1 N–H and O–H groups in total. The Morgan fingerprint density at radius 1 is 0.763 bits per heavy atom. The summed E-state index contributed by atoms with van der Waals surface area (Å²) in [6.45, 7) is 1.69. The minimum atomic E-state index is -0.392. The van der Waals surface area contributed by atoms with Crippen molar-refractivity contribution in [1.29, 1.82) is 0 Å². The molecule has 0 aliphatic heterocycles. The molecule has 1 heterocycles. The van der Waals surface area contributed by atoms with E-state index in [0.717, 1.165) is 27.8 Å². The van der Waals surface area contributed by atoms with Gasteiger partial charge < -0.3 is 14.6 Å². The molecule has 0 fully saturated rings. The van der Waals surface area contributed by atoms with Crippen molar-refractivity contribution in [3.05, 3.63) is 148 Å². The highest BCUT2D eigenvalue weighted by Gasteiger charge is 2.27. The predicted octanol–water partition coefficient (Wildman–Crippen LogP) is 6.46. The van der Waals surface area contributed by atoms with E-state index in [9.17, 15) is 9.59 Å². The summed E-state index contributed by atoms with van der Waals surface area (Å²) in [5, 5.41) is 4.24. The van der Waals surface area contributed by atoms with E-state index in [2.05, 4.69) is 5.32 Å². The average molecular weight is 503 g/mol. The van der Waals surface area contributed by atoms with Crippen LogP contribution in [0, 0.1) is 0 Å². The van der Waals surface area contributed by atoms with Crippen LogP contribution in [0.4, 0.5) is 5.69 Å². The maximum Gasteiger partial charge on any atom is 0.338 e. The number of hydrogen-bond acceptors (Lipinski definition) is 4. The smallest absolute Gasteiger partial charge is 0.338 e. The van der Waals surface area contributed by atoms with Crippen molar-refractivity contribution in [3.63, 3.8) is 0 Å². The first-order valence-corrected chi connectivity index (χ1v) is 12.9. The topological polar surface area (TPSA) is 62.6 Å². The Hall–Kier alpha value is -4.64. The lowest BCUT2D eigenvalue weighted by Gasteiger charge is -2.28. The Labute approximate surface area is 222 Å². The molecule has 38 heavy (non-hydrogen) atoms. The number of rotatable bonds is 10. The lowest BCUT2D eigenvalue weighted by atomic mass is 9.89. The maximum atomic E-state index is 14.2. The number of amides is 1. The van der Waals surface area contributed by atoms with Crippen LogP contribution in [-0.2, 0) is 11.3 Å². The number of fused-ring (bicyclic) bond motifs is 1. The number of benzene rings is 4. The summed E-state index contributed by atoms with van der Waals surface area (Å²) < 4.78 is 5.31. The second-order valence-electron chi connectivity index (χ2n) is 9.26. The summed E-state index contributed by atoms with van der Waals surface area (Å²) in [7, 11) is 0. The highest BCUT2D eigenvalue weighted by molar-refractivity contribution is 5.89. The van der Waals surface area contributed by atoms with E-state index < -0.39 is 5.92 Å². The third-order valence-electron chi connectivity index (χ3n) is 6.61. The molecule has 0 unspecified atom stereocenters. The molecule has 1 amide bonds. The lowest BCUT2D eigenvalue weighted by Crippen LogP contribution is -2.36. The molecular weight excluding hydrogens is 472 g/mol. The van der Waals surface area contributed by atoms with Crippen LogP contribution in [0.3, 0.4) is 0 Å². The Kier molecular flexibility index (Phi) is 7.95. The molecule has 190 valence electrons. The molecule has 0 radical (unpaired) electrons. The number of hydrogen-bond donors (Lipinski definition) is 1. The molecule has 0 aliphatic rings. The van der Waals surface area contributed by atoms with Gasteiger partial charge in [0.05, 0.1) is 11.6 Å². The van der Waals surface area contributed by atoms with Gasteiger partial charge in [0.15, 0.2) is 0 Å². The highest BCUT2D eigenvalue weighted by atomic mass is 16.4. The summed E-state index contributed by atoms with van der Waals surface area (Å²) in [6, 6.07) is 39.0. The number of para-hydroxylation sites is 1. The lowest BCUT2D eigenvalue weighted by molar-refractivity contribution is -0.132. The van der Waals surface area contributed by atoms with Gasteiger partial charge in [-0.2, -0.15) is 0 Å². The molecule has 5 heteroatoms. The van der Waals surface area contributed by atoms with Gasteiger partial charge in [0.1, 0.15) is 5.58 Å². The maximum absolute atomic E-state index is 14.2. The van der Waals surface area contributed by atoms with Gasteiger partial charge in [-0.05, 0) is 35.2 Å². The van der Waals surface area contributed by atoms with Crippen molar-refractivity contribution in [1.82, 2.24) is 4.90 Å². The number of nitrogens with one attached hydrogen (secondary N) is 1. The summed E-state index contributed by atoms with van der Waals surface area (Å²) in [6.07, 6.45) is 0.712. The van der Waals surface area contributed by atoms with Crippen LogP contribution in [0.2, 0.25) is 0 Å². The van der Waals surface area contributed by atoms with Crippen LogP contribution < -0.4 is 10.9 Å². The Balaban J connectivity index is 1.37. The van der Waals surface area contributed by atoms with Crippen LogP contribution >= 0.6 is 0 Å². The molecule has 5 aromatic rings. The van der Waals surface area contributed by atoms with Gasteiger partial charge in [0.2, 0.25) is 5.91 Å². The molecule has 0 spiro atoms. The van der Waals surface area contributed by atoms with Crippen LogP contribution in [0.5, 0.6) is 0 Å². The highest BCUT2D eigenvalue weighted by Crippen LogP contribution is 2.28. The van der Waals surface area contributed by atoms with Gasteiger partial charge in [-0.15, -0.1) is 0 Å². The SMILES string of the molecule is O=C(C(c1ccccc1)c1ccccc1)N(CCCNc1cc(=O)oc2ccccc12)Cc1ccccc1. The monoisotopic (exact) mass is 502 g/mol. The normalized spacial score (nSPS) is 11.0. The molecule has 0 bridgehead atoms. The quantitative estimate of drug-likeness (QED) is 0.176. The van der Waals surface area contributed by atoms with Gasteiger partial charge in [-0.25, -0.2) is 4.79 Å². The minimum absolute atomic E-state index is 0.0667. The third-order valence-corrected chi connectivity index (χ3v) is 6.61. The van der Waals surface area contributed by atoms with Crippen molar-refractivity contribution in [2.75, 3.05) is 18.4 Å². The fraction of sp³-hybridized carbons (Fsp3) is 0.152. The fourth-order valence-corrected chi connectivity index (χ4v) is 4.77. The van der Waals surface area contributed by atoms with Crippen molar-refractivity contribution in [2.45, 2.75) is 18.9 Å². The average Bonchev–Trinajstić information content (AvgIpc) is 2.96. The van der Waals surface area contributed by atoms with Crippen LogP contribution in [0.15, 0.2) is 131 Å². The molecule has 0 aliphatic carbocycles. The van der Waals surface area contributed by atoms with Crippen LogP contribution in [0.1, 0.15) is 29.0 Å². The van der Waals surface area contributed by atoms with Gasteiger partial charge in [-0.3, -0.25) is 4.79 Å². The van der Waals surface area contributed by atoms with E-state index in [4.69, 9.17) is 4.42 Å². The molecule has 1 aromatic heterocycles. The van der Waals surface area contributed by atoms with E-state index in [-0.39, 0.29) is 11.5 Å². The second-order valence-corrected chi connectivity index (χ2v) is 9.26. The molecule has 0 atom stereocenters. The van der Waals surface area contributed by atoms with Crippen LogP contribution in [-0.4, -0.2) is 23.9 Å². The van der Waals surface area contributed by atoms with Crippen LogP contribution in [0.25, 0.3) is 11.0 Å². The molecule has 0 saturated carbocycles. The Morgan fingerprint density at radius 2 is 1.34 bits per heavy atom. The second kappa shape index (κ2) is 12.1.